The smallest absolute Gasteiger partial charge is 0.114 e. The molecule has 0 radical (unpaired) electrons. The summed E-state index contributed by atoms with van der Waals surface area (Å²) in [5.74, 6) is -1.34. The molecule has 0 bridgehead atoms. The zero-order valence-corrected chi connectivity index (χ0v) is 9.93. The molecule has 0 atom stereocenters. The number of carbonyl (C=O) groups excluding carboxylic acids is 1. The van der Waals surface area contributed by atoms with Gasteiger partial charge >= 0.3 is 0 Å². The molecule has 0 aromatic carbocycles. The van der Waals surface area contributed by atoms with E-state index in [2.05, 4.69) is 4.98 Å². The Labute approximate surface area is 98.3 Å². The molecule has 4 nitrogen and oxygen atoms in total. The zero-order valence-electron chi connectivity index (χ0n) is 9.11. The fraction of sp³-hybridized carbons (Fsp3) is 0.364. The van der Waals surface area contributed by atoms with Crippen LogP contribution in [-0.2, 0) is 11.2 Å². The maximum atomic E-state index is 10.4. The first-order chi connectivity index (χ1) is 7.58. The van der Waals surface area contributed by atoms with Crippen LogP contribution in [0.3, 0.4) is 0 Å². The van der Waals surface area contributed by atoms with E-state index in [9.17, 15) is 9.90 Å². The molecule has 0 saturated heterocycles. The second kappa shape index (κ2) is 5.52. The lowest BCUT2D eigenvalue weighted by atomic mass is 10.1. The van der Waals surface area contributed by atoms with Gasteiger partial charge in [0.25, 0.3) is 0 Å². The summed E-state index contributed by atoms with van der Waals surface area (Å²) < 4.78 is 0. The van der Waals surface area contributed by atoms with E-state index in [4.69, 9.17) is 5.26 Å². The minimum absolute atomic E-state index is 0.187. The largest absolute Gasteiger partial charge is 0.549 e. The normalized spacial score (nSPS) is 9.81. The quantitative estimate of drug-likeness (QED) is 0.717. The molecule has 0 aliphatic carbocycles. The SMILES string of the molecule is CCc1nc(SCC(=O)[O-])c(C#N)cc1C. The average molecular weight is 235 g/mol. The molecular formula is C11H11N2O2S-. The molecule has 0 aliphatic heterocycles. The van der Waals surface area contributed by atoms with Crippen molar-refractivity contribution < 1.29 is 9.90 Å². The van der Waals surface area contributed by atoms with E-state index in [0.29, 0.717) is 10.6 Å². The maximum absolute atomic E-state index is 10.4. The van der Waals surface area contributed by atoms with E-state index in [1.54, 1.807) is 6.07 Å². The van der Waals surface area contributed by atoms with Gasteiger partial charge in [-0.1, -0.05) is 18.7 Å². The number of aliphatic carboxylic acids is 1. The van der Waals surface area contributed by atoms with Gasteiger partial charge in [-0.2, -0.15) is 5.26 Å². The van der Waals surface area contributed by atoms with Crippen molar-refractivity contribution >= 4 is 17.7 Å². The molecule has 0 unspecified atom stereocenters. The van der Waals surface area contributed by atoms with Gasteiger partial charge in [0.05, 0.1) is 11.5 Å². The maximum Gasteiger partial charge on any atom is 0.114 e. The first-order valence-electron chi connectivity index (χ1n) is 4.81. The summed E-state index contributed by atoms with van der Waals surface area (Å²) in [4.78, 5) is 14.6. The fourth-order valence-corrected chi connectivity index (χ4v) is 2.00. The van der Waals surface area contributed by atoms with E-state index < -0.39 is 5.97 Å². The number of hydrogen-bond donors (Lipinski definition) is 0. The van der Waals surface area contributed by atoms with Crippen LogP contribution in [0.5, 0.6) is 0 Å². The van der Waals surface area contributed by atoms with Crippen molar-refractivity contribution in [2.24, 2.45) is 0 Å². The number of thioether (sulfide) groups is 1. The van der Waals surface area contributed by atoms with Crippen LogP contribution in [0.15, 0.2) is 11.1 Å². The number of hydrogen-bond acceptors (Lipinski definition) is 5. The van der Waals surface area contributed by atoms with Gasteiger partial charge in [0, 0.05) is 11.4 Å². The predicted molar refractivity (Wildman–Crippen MR) is 58.8 cm³/mol. The molecular weight excluding hydrogens is 224 g/mol. The van der Waals surface area contributed by atoms with Crippen molar-refractivity contribution in [2.75, 3.05) is 5.75 Å². The molecule has 0 N–H and O–H groups in total. The Balaban J connectivity index is 3.06. The Morgan fingerprint density at radius 1 is 1.69 bits per heavy atom. The number of carboxylic acid groups (broad SMARTS) is 1. The van der Waals surface area contributed by atoms with Crippen LogP contribution in [0, 0.1) is 18.3 Å². The summed E-state index contributed by atoms with van der Waals surface area (Å²) in [5.41, 5.74) is 2.26. The number of rotatable bonds is 4. The number of carbonyl (C=O) groups is 1. The molecule has 1 heterocycles. The second-order valence-corrected chi connectivity index (χ2v) is 4.19. The van der Waals surface area contributed by atoms with Gasteiger partial charge in [-0.3, -0.25) is 0 Å². The molecule has 0 saturated carbocycles. The summed E-state index contributed by atoms with van der Waals surface area (Å²) in [7, 11) is 0. The molecule has 1 aromatic heterocycles. The summed E-state index contributed by atoms with van der Waals surface area (Å²) in [6, 6.07) is 3.75. The highest BCUT2D eigenvalue weighted by molar-refractivity contribution is 7.99. The van der Waals surface area contributed by atoms with Crippen LogP contribution in [0.4, 0.5) is 0 Å². The Hall–Kier alpha value is -1.54. The number of nitrogens with zero attached hydrogens (tertiary/aromatic N) is 2. The molecule has 84 valence electrons. The van der Waals surface area contributed by atoms with Crippen LogP contribution < -0.4 is 5.11 Å². The van der Waals surface area contributed by atoms with Gasteiger partial charge in [-0.15, -0.1) is 0 Å². The van der Waals surface area contributed by atoms with Crippen molar-refractivity contribution in [1.29, 1.82) is 5.26 Å². The molecule has 1 aromatic rings. The van der Waals surface area contributed by atoms with E-state index in [1.807, 2.05) is 19.9 Å². The van der Waals surface area contributed by atoms with Crippen LogP contribution >= 0.6 is 11.8 Å². The lowest BCUT2D eigenvalue weighted by molar-refractivity contribution is -0.301. The Bertz CT molecular complexity index is 452. The van der Waals surface area contributed by atoms with Crippen LogP contribution in [0.2, 0.25) is 0 Å². The Morgan fingerprint density at radius 3 is 2.88 bits per heavy atom. The first-order valence-corrected chi connectivity index (χ1v) is 5.80. The lowest BCUT2D eigenvalue weighted by Gasteiger charge is -2.08. The predicted octanol–water partition coefficient (Wildman–Crippen LogP) is 0.666. The third-order valence-electron chi connectivity index (χ3n) is 2.07. The Kier molecular flexibility index (Phi) is 4.32. The van der Waals surface area contributed by atoms with Crippen molar-refractivity contribution in [3.8, 4) is 6.07 Å². The fourth-order valence-electron chi connectivity index (χ4n) is 1.31. The number of pyridine rings is 1. The minimum Gasteiger partial charge on any atom is -0.549 e. The van der Waals surface area contributed by atoms with Crippen LogP contribution in [0.25, 0.3) is 0 Å². The van der Waals surface area contributed by atoms with Crippen molar-refractivity contribution in [2.45, 2.75) is 25.3 Å². The Morgan fingerprint density at radius 2 is 2.38 bits per heavy atom. The third-order valence-corrected chi connectivity index (χ3v) is 3.03. The number of nitriles is 1. The van der Waals surface area contributed by atoms with Crippen molar-refractivity contribution in [1.82, 2.24) is 4.98 Å². The van der Waals surface area contributed by atoms with E-state index in [0.717, 1.165) is 29.4 Å². The van der Waals surface area contributed by atoms with Gasteiger partial charge in [-0.05, 0) is 25.0 Å². The standard InChI is InChI=1S/C11H12N2O2S/c1-3-9-7(2)4-8(5-12)11(13-9)16-6-10(14)15/h4H,3,6H2,1-2H3,(H,14,15)/p-1. The van der Waals surface area contributed by atoms with Gasteiger partial charge in [0.1, 0.15) is 11.1 Å². The highest BCUT2D eigenvalue weighted by Crippen LogP contribution is 2.22. The molecule has 0 aliphatic rings. The molecule has 1 rings (SSSR count). The summed E-state index contributed by atoms with van der Waals surface area (Å²) >= 11 is 1.02. The number of aromatic nitrogens is 1. The molecule has 0 spiro atoms. The second-order valence-electron chi connectivity index (χ2n) is 3.23. The van der Waals surface area contributed by atoms with E-state index in [1.165, 1.54) is 0 Å². The zero-order chi connectivity index (χ0) is 12.1. The number of carboxylic acids is 1. The van der Waals surface area contributed by atoms with E-state index in [-0.39, 0.29) is 5.75 Å². The topological polar surface area (TPSA) is 76.8 Å². The van der Waals surface area contributed by atoms with Gasteiger partial charge in [-0.25, -0.2) is 4.98 Å². The summed E-state index contributed by atoms with van der Waals surface area (Å²) in [6.45, 7) is 3.86. The molecule has 0 fully saturated rings. The highest BCUT2D eigenvalue weighted by atomic mass is 32.2. The van der Waals surface area contributed by atoms with Crippen LogP contribution in [-0.4, -0.2) is 16.7 Å². The molecule has 16 heavy (non-hydrogen) atoms. The first kappa shape index (κ1) is 12.5. The van der Waals surface area contributed by atoms with Gasteiger partial charge in [0.2, 0.25) is 0 Å². The minimum atomic E-state index is -1.16. The third kappa shape index (κ3) is 2.97. The summed E-state index contributed by atoms with van der Waals surface area (Å²) in [6.07, 6.45) is 0.760. The van der Waals surface area contributed by atoms with Crippen molar-refractivity contribution in [3.63, 3.8) is 0 Å². The average Bonchev–Trinajstić information content (AvgIpc) is 2.26. The van der Waals surface area contributed by atoms with Gasteiger partial charge < -0.3 is 9.90 Å². The van der Waals surface area contributed by atoms with Gasteiger partial charge in [0.15, 0.2) is 0 Å². The summed E-state index contributed by atoms with van der Waals surface area (Å²) in [5, 5.41) is 19.7. The molecule has 0 amide bonds. The number of aryl methyl sites for hydroxylation is 2. The van der Waals surface area contributed by atoms with E-state index >= 15 is 0 Å². The lowest BCUT2D eigenvalue weighted by Crippen LogP contribution is -2.24. The molecule has 5 heteroatoms. The highest BCUT2D eigenvalue weighted by Gasteiger charge is 2.08. The monoisotopic (exact) mass is 235 g/mol. The van der Waals surface area contributed by atoms with Crippen molar-refractivity contribution in [3.05, 3.63) is 22.9 Å². The van der Waals surface area contributed by atoms with Crippen LogP contribution in [0.1, 0.15) is 23.7 Å².